The smallest absolute Gasteiger partial charge is 0.258 e. The Morgan fingerprint density at radius 3 is 2.44 bits per heavy atom. The molecule has 25 heavy (non-hydrogen) atoms. The van der Waals surface area contributed by atoms with Gasteiger partial charge in [0, 0.05) is 25.9 Å². The third kappa shape index (κ3) is 2.94. The van der Waals surface area contributed by atoms with Crippen LogP contribution in [0.15, 0.2) is 30.3 Å². The predicted octanol–water partition coefficient (Wildman–Crippen LogP) is 2.81. The van der Waals surface area contributed by atoms with E-state index in [4.69, 9.17) is 21.1 Å². The first-order valence-electron chi connectivity index (χ1n) is 8.47. The van der Waals surface area contributed by atoms with E-state index in [2.05, 4.69) is 5.10 Å². The second-order valence-electron chi connectivity index (χ2n) is 6.40. The van der Waals surface area contributed by atoms with Gasteiger partial charge in [0.15, 0.2) is 5.79 Å². The Morgan fingerprint density at radius 1 is 1.16 bits per heavy atom. The van der Waals surface area contributed by atoms with Crippen molar-refractivity contribution in [1.82, 2.24) is 14.7 Å². The molecule has 0 radical (unpaired) electrons. The maximum Gasteiger partial charge on any atom is 0.258 e. The SMILES string of the molecule is Cc1nn(-c2ccccc2)c(Cl)c1C(=O)N1CCC2(CC1)OCCO2. The van der Waals surface area contributed by atoms with Gasteiger partial charge in [0.05, 0.1) is 30.2 Å². The van der Waals surface area contributed by atoms with Gasteiger partial charge in [-0.3, -0.25) is 4.79 Å². The topological polar surface area (TPSA) is 56.6 Å². The number of ether oxygens (including phenoxy) is 2. The van der Waals surface area contributed by atoms with Crippen LogP contribution < -0.4 is 0 Å². The molecule has 1 aromatic heterocycles. The number of carbonyl (C=O) groups is 1. The van der Waals surface area contributed by atoms with E-state index in [0.29, 0.717) is 55.6 Å². The number of para-hydroxylation sites is 1. The summed E-state index contributed by atoms with van der Waals surface area (Å²) in [7, 11) is 0. The van der Waals surface area contributed by atoms with Gasteiger partial charge < -0.3 is 14.4 Å². The molecule has 7 heteroatoms. The van der Waals surface area contributed by atoms with Crippen LogP contribution in [-0.4, -0.2) is 52.7 Å². The second kappa shape index (κ2) is 6.44. The monoisotopic (exact) mass is 361 g/mol. The summed E-state index contributed by atoms with van der Waals surface area (Å²) in [6.07, 6.45) is 1.37. The molecule has 1 amide bonds. The highest BCUT2D eigenvalue weighted by Gasteiger charge is 2.41. The number of rotatable bonds is 2. The molecule has 0 N–H and O–H groups in total. The number of halogens is 1. The Bertz CT molecular complexity index is 774. The third-order valence-corrected chi connectivity index (χ3v) is 5.19. The number of hydrogen-bond donors (Lipinski definition) is 0. The van der Waals surface area contributed by atoms with E-state index >= 15 is 0 Å². The highest BCUT2D eigenvalue weighted by Crippen LogP contribution is 2.33. The Balaban J connectivity index is 1.56. The molecule has 2 aromatic rings. The van der Waals surface area contributed by atoms with Gasteiger partial charge >= 0.3 is 0 Å². The van der Waals surface area contributed by atoms with Crippen molar-refractivity contribution < 1.29 is 14.3 Å². The number of aromatic nitrogens is 2. The summed E-state index contributed by atoms with van der Waals surface area (Å²) < 4.78 is 13.1. The number of carbonyl (C=O) groups excluding carboxylic acids is 1. The lowest BCUT2D eigenvalue weighted by Gasteiger charge is -2.37. The normalized spacial score (nSPS) is 19.5. The van der Waals surface area contributed by atoms with Crippen molar-refractivity contribution >= 4 is 17.5 Å². The van der Waals surface area contributed by atoms with Gasteiger partial charge in [-0.25, -0.2) is 4.68 Å². The molecule has 2 aliphatic heterocycles. The Morgan fingerprint density at radius 2 is 1.80 bits per heavy atom. The minimum atomic E-state index is -0.496. The predicted molar refractivity (Wildman–Crippen MR) is 93.1 cm³/mol. The zero-order chi connectivity index (χ0) is 17.4. The largest absolute Gasteiger partial charge is 0.347 e. The molecule has 0 aliphatic carbocycles. The van der Waals surface area contributed by atoms with Crippen molar-refractivity contribution in [2.24, 2.45) is 0 Å². The molecule has 2 saturated heterocycles. The van der Waals surface area contributed by atoms with Crippen LogP contribution >= 0.6 is 11.6 Å². The Labute approximate surface area is 151 Å². The lowest BCUT2D eigenvalue weighted by molar-refractivity contribution is -0.181. The number of amides is 1. The van der Waals surface area contributed by atoms with Crippen LogP contribution in [0.1, 0.15) is 28.9 Å². The minimum absolute atomic E-state index is 0.0856. The van der Waals surface area contributed by atoms with Crippen LogP contribution in [0.4, 0.5) is 0 Å². The van der Waals surface area contributed by atoms with Crippen molar-refractivity contribution in [3.8, 4) is 5.69 Å². The van der Waals surface area contributed by atoms with Crippen molar-refractivity contribution in [1.29, 1.82) is 0 Å². The van der Waals surface area contributed by atoms with Crippen molar-refractivity contribution in [2.75, 3.05) is 26.3 Å². The fraction of sp³-hybridized carbons (Fsp3) is 0.444. The molecule has 0 unspecified atom stereocenters. The highest BCUT2D eigenvalue weighted by molar-refractivity contribution is 6.33. The first kappa shape index (κ1) is 16.6. The van der Waals surface area contributed by atoms with Gasteiger partial charge in [0.2, 0.25) is 0 Å². The van der Waals surface area contributed by atoms with E-state index in [1.54, 1.807) is 4.68 Å². The number of hydrogen-bond acceptors (Lipinski definition) is 4. The fourth-order valence-corrected chi connectivity index (χ4v) is 3.83. The number of nitrogens with zero attached hydrogens (tertiary/aromatic N) is 3. The summed E-state index contributed by atoms with van der Waals surface area (Å²) >= 11 is 6.50. The molecule has 3 heterocycles. The second-order valence-corrected chi connectivity index (χ2v) is 6.76. The molecule has 1 spiro atoms. The lowest BCUT2D eigenvalue weighted by atomic mass is 10.0. The molecule has 0 bridgehead atoms. The molecule has 6 nitrogen and oxygen atoms in total. The Hall–Kier alpha value is -1.89. The van der Waals surface area contributed by atoms with Gasteiger partial charge in [-0.05, 0) is 19.1 Å². The molecule has 132 valence electrons. The van der Waals surface area contributed by atoms with Crippen molar-refractivity contribution in [3.63, 3.8) is 0 Å². The average molecular weight is 362 g/mol. The van der Waals surface area contributed by atoms with E-state index in [1.807, 2.05) is 42.2 Å². The third-order valence-electron chi connectivity index (χ3n) is 4.84. The first-order valence-corrected chi connectivity index (χ1v) is 8.85. The number of aryl methyl sites for hydroxylation is 1. The number of piperidine rings is 1. The van der Waals surface area contributed by atoms with Crippen molar-refractivity contribution in [2.45, 2.75) is 25.6 Å². The highest BCUT2D eigenvalue weighted by atomic mass is 35.5. The van der Waals surface area contributed by atoms with Crippen LogP contribution in [-0.2, 0) is 9.47 Å². The molecule has 0 saturated carbocycles. The molecule has 0 atom stereocenters. The standard InChI is InChI=1S/C18H20ClN3O3/c1-13-15(16(19)22(20-13)14-5-3-2-4-6-14)17(23)21-9-7-18(8-10-21)24-11-12-25-18/h2-6H,7-12H2,1H3. The van der Waals surface area contributed by atoms with Gasteiger partial charge in [0.1, 0.15) is 5.15 Å². The zero-order valence-electron chi connectivity index (χ0n) is 14.1. The minimum Gasteiger partial charge on any atom is -0.347 e. The summed E-state index contributed by atoms with van der Waals surface area (Å²) in [5.74, 6) is -0.582. The summed E-state index contributed by atoms with van der Waals surface area (Å²) in [5.41, 5.74) is 1.93. The molecule has 1 aromatic carbocycles. The summed E-state index contributed by atoms with van der Waals surface area (Å²) in [6, 6.07) is 9.57. The van der Waals surface area contributed by atoms with Crippen LogP contribution in [0.2, 0.25) is 5.15 Å². The van der Waals surface area contributed by atoms with Crippen LogP contribution in [0.3, 0.4) is 0 Å². The van der Waals surface area contributed by atoms with E-state index in [9.17, 15) is 4.79 Å². The molecular weight excluding hydrogens is 342 g/mol. The molecule has 4 rings (SSSR count). The van der Waals surface area contributed by atoms with Gasteiger partial charge in [-0.15, -0.1) is 0 Å². The summed E-state index contributed by atoms with van der Waals surface area (Å²) in [4.78, 5) is 14.8. The quantitative estimate of drug-likeness (QED) is 0.825. The maximum absolute atomic E-state index is 13.0. The van der Waals surface area contributed by atoms with Gasteiger partial charge in [0.25, 0.3) is 5.91 Å². The van der Waals surface area contributed by atoms with Crippen LogP contribution in [0, 0.1) is 6.92 Å². The van der Waals surface area contributed by atoms with Crippen LogP contribution in [0.5, 0.6) is 0 Å². The first-order chi connectivity index (χ1) is 12.1. The number of likely N-dealkylation sites (tertiary alicyclic amines) is 1. The summed E-state index contributed by atoms with van der Waals surface area (Å²) in [6.45, 7) is 4.24. The average Bonchev–Trinajstić information content (AvgIpc) is 3.20. The molecule has 2 aliphatic rings. The molecule has 2 fully saturated rings. The van der Waals surface area contributed by atoms with Crippen LogP contribution in [0.25, 0.3) is 5.69 Å². The zero-order valence-corrected chi connectivity index (χ0v) is 14.8. The van der Waals surface area contributed by atoms with Gasteiger partial charge in [-0.1, -0.05) is 29.8 Å². The van der Waals surface area contributed by atoms with E-state index in [0.717, 1.165) is 5.69 Å². The molecular formula is C18H20ClN3O3. The van der Waals surface area contributed by atoms with E-state index in [-0.39, 0.29) is 5.91 Å². The fourth-order valence-electron chi connectivity index (χ4n) is 3.48. The number of benzene rings is 1. The van der Waals surface area contributed by atoms with E-state index in [1.165, 1.54) is 0 Å². The van der Waals surface area contributed by atoms with Crippen molar-refractivity contribution in [3.05, 3.63) is 46.7 Å². The van der Waals surface area contributed by atoms with E-state index < -0.39 is 5.79 Å². The maximum atomic E-state index is 13.0. The lowest BCUT2D eigenvalue weighted by Crippen LogP contribution is -2.47. The Kier molecular flexibility index (Phi) is 4.27. The van der Waals surface area contributed by atoms with Gasteiger partial charge in [-0.2, -0.15) is 5.10 Å². The summed E-state index contributed by atoms with van der Waals surface area (Å²) in [5, 5.41) is 4.80.